The van der Waals surface area contributed by atoms with E-state index in [4.69, 9.17) is 25.7 Å². The van der Waals surface area contributed by atoms with Crippen molar-refractivity contribution in [3.8, 4) is 11.5 Å². The molecule has 0 unspecified atom stereocenters. The van der Waals surface area contributed by atoms with Gasteiger partial charge >= 0.3 is 0 Å². The summed E-state index contributed by atoms with van der Waals surface area (Å²) in [4.78, 5) is 2.37. The second kappa shape index (κ2) is 8.56. The van der Waals surface area contributed by atoms with Crippen molar-refractivity contribution in [3.63, 3.8) is 0 Å². The minimum Gasteiger partial charge on any atom is -0.490 e. The molecule has 0 saturated carbocycles. The van der Waals surface area contributed by atoms with Crippen molar-refractivity contribution >= 4 is 11.6 Å². The van der Waals surface area contributed by atoms with Gasteiger partial charge in [-0.15, -0.1) is 0 Å². The van der Waals surface area contributed by atoms with Gasteiger partial charge in [0.2, 0.25) is 0 Å². The largest absolute Gasteiger partial charge is 0.490 e. The predicted octanol–water partition coefficient (Wildman–Crippen LogP) is 4.33. The second-order valence-electron chi connectivity index (χ2n) is 6.30. The Hall–Kier alpha value is -2.05. The molecular formula is C19H24ClN3O3. The van der Waals surface area contributed by atoms with Crippen LogP contribution < -0.4 is 9.47 Å². The fourth-order valence-corrected chi connectivity index (χ4v) is 3.65. The molecule has 1 saturated heterocycles. The highest BCUT2D eigenvalue weighted by molar-refractivity contribution is 6.32. The van der Waals surface area contributed by atoms with E-state index in [0.29, 0.717) is 29.7 Å². The van der Waals surface area contributed by atoms with Crippen LogP contribution in [0, 0.1) is 6.92 Å². The van der Waals surface area contributed by atoms with Crippen LogP contribution in [0.15, 0.2) is 29.4 Å². The Balaban J connectivity index is 1.82. The number of aryl methyl sites for hydroxylation is 1. The van der Waals surface area contributed by atoms with Crippen LogP contribution in [0.2, 0.25) is 5.02 Å². The van der Waals surface area contributed by atoms with Crippen molar-refractivity contribution in [2.24, 2.45) is 0 Å². The average molecular weight is 378 g/mol. The molecule has 0 N–H and O–H groups in total. The third-order valence-corrected chi connectivity index (χ3v) is 4.75. The van der Waals surface area contributed by atoms with Gasteiger partial charge in [0.05, 0.1) is 17.7 Å². The average Bonchev–Trinajstić information content (AvgIpc) is 3.23. The molecule has 26 heavy (non-hydrogen) atoms. The number of benzene rings is 1. The maximum absolute atomic E-state index is 6.46. The molecular weight excluding hydrogens is 354 g/mol. The van der Waals surface area contributed by atoms with Gasteiger partial charge in [-0.1, -0.05) is 34.6 Å². The molecule has 0 aliphatic carbocycles. The smallest absolute Gasteiger partial charge is 0.180 e. The molecule has 1 atom stereocenters. The maximum atomic E-state index is 6.46. The Labute approximate surface area is 158 Å². The van der Waals surface area contributed by atoms with Gasteiger partial charge < -0.3 is 9.47 Å². The first-order valence-corrected chi connectivity index (χ1v) is 9.23. The molecule has 1 aliphatic heterocycles. The van der Waals surface area contributed by atoms with E-state index in [1.165, 1.54) is 0 Å². The Bertz CT molecular complexity index is 762. The number of nitrogens with zero attached hydrogens (tertiary/aromatic N) is 3. The molecule has 1 fully saturated rings. The van der Waals surface area contributed by atoms with Gasteiger partial charge in [-0.25, -0.2) is 4.63 Å². The van der Waals surface area contributed by atoms with Crippen molar-refractivity contribution in [2.75, 3.05) is 19.8 Å². The molecule has 0 amide bonds. The molecule has 1 aromatic carbocycles. The van der Waals surface area contributed by atoms with Gasteiger partial charge in [0, 0.05) is 6.54 Å². The topological polar surface area (TPSA) is 60.6 Å². The SMILES string of the molecule is C=CCOc1c(Cl)cc(CN2CCC[C@@H]2c2nonc2C)cc1OCC. The molecule has 3 rings (SSSR count). The van der Waals surface area contributed by atoms with Crippen LogP contribution in [0.5, 0.6) is 11.5 Å². The number of rotatable bonds is 8. The van der Waals surface area contributed by atoms with Crippen molar-refractivity contribution < 1.29 is 14.1 Å². The van der Waals surface area contributed by atoms with Crippen molar-refractivity contribution in [2.45, 2.75) is 39.3 Å². The zero-order valence-corrected chi connectivity index (χ0v) is 16.0. The zero-order valence-electron chi connectivity index (χ0n) is 15.2. The number of ether oxygens (including phenoxy) is 2. The first-order chi connectivity index (χ1) is 12.6. The summed E-state index contributed by atoms with van der Waals surface area (Å²) in [5, 5.41) is 8.56. The van der Waals surface area contributed by atoms with Crippen LogP contribution in [0.4, 0.5) is 0 Å². The Morgan fingerprint density at radius 2 is 2.23 bits per heavy atom. The van der Waals surface area contributed by atoms with Gasteiger partial charge in [-0.3, -0.25) is 4.90 Å². The van der Waals surface area contributed by atoms with E-state index in [2.05, 4.69) is 21.8 Å². The third kappa shape index (κ3) is 4.02. The number of halogens is 1. The molecule has 140 valence electrons. The second-order valence-corrected chi connectivity index (χ2v) is 6.71. The molecule has 6 nitrogen and oxygen atoms in total. The van der Waals surface area contributed by atoms with Crippen LogP contribution in [0.25, 0.3) is 0 Å². The number of aromatic nitrogens is 2. The fourth-order valence-electron chi connectivity index (χ4n) is 3.36. The maximum Gasteiger partial charge on any atom is 0.180 e. The van der Waals surface area contributed by atoms with E-state index in [0.717, 1.165) is 42.9 Å². The van der Waals surface area contributed by atoms with Crippen LogP contribution in [0.1, 0.15) is 42.8 Å². The molecule has 1 aliphatic rings. The van der Waals surface area contributed by atoms with Gasteiger partial charge in [0.25, 0.3) is 0 Å². The highest BCUT2D eigenvalue weighted by Gasteiger charge is 2.30. The van der Waals surface area contributed by atoms with Gasteiger partial charge in [0.15, 0.2) is 11.5 Å². The molecule has 2 aromatic rings. The van der Waals surface area contributed by atoms with Gasteiger partial charge in [0.1, 0.15) is 18.0 Å². The standard InChI is InChI=1S/C19H24ClN3O3/c1-4-9-25-19-15(20)10-14(11-17(19)24-5-2)12-23-8-6-7-16(23)18-13(3)21-26-22-18/h4,10-11,16H,1,5-9,12H2,2-3H3/t16-/m1/s1. The van der Waals surface area contributed by atoms with E-state index >= 15 is 0 Å². The Morgan fingerprint density at radius 3 is 2.92 bits per heavy atom. The lowest BCUT2D eigenvalue weighted by atomic mass is 10.1. The summed E-state index contributed by atoms with van der Waals surface area (Å²) in [7, 11) is 0. The number of hydrogen-bond donors (Lipinski definition) is 0. The molecule has 7 heteroatoms. The number of likely N-dealkylation sites (tertiary alicyclic amines) is 1. The lowest BCUT2D eigenvalue weighted by Crippen LogP contribution is -2.23. The number of hydrogen-bond acceptors (Lipinski definition) is 6. The van der Waals surface area contributed by atoms with E-state index in [1.54, 1.807) is 6.08 Å². The lowest BCUT2D eigenvalue weighted by Gasteiger charge is -2.23. The zero-order chi connectivity index (χ0) is 18.5. The first-order valence-electron chi connectivity index (χ1n) is 8.86. The third-order valence-electron chi connectivity index (χ3n) is 4.47. The quantitative estimate of drug-likeness (QED) is 0.638. The summed E-state index contributed by atoms with van der Waals surface area (Å²) < 4.78 is 16.3. The summed E-state index contributed by atoms with van der Waals surface area (Å²) in [6, 6.07) is 4.15. The van der Waals surface area contributed by atoms with Gasteiger partial charge in [-0.05, 0) is 50.9 Å². The fraction of sp³-hybridized carbons (Fsp3) is 0.474. The summed E-state index contributed by atoms with van der Waals surface area (Å²) >= 11 is 6.46. The molecule has 0 spiro atoms. The highest BCUT2D eigenvalue weighted by atomic mass is 35.5. The van der Waals surface area contributed by atoms with Crippen molar-refractivity contribution in [1.82, 2.24) is 15.2 Å². The molecule has 1 aromatic heterocycles. The summed E-state index contributed by atoms with van der Waals surface area (Å²) in [5.74, 6) is 1.22. The highest BCUT2D eigenvalue weighted by Crippen LogP contribution is 2.39. The monoisotopic (exact) mass is 377 g/mol. The van der Waals surface area contributed by atoms with E-state index in [9.17, 15) is 0 Å². The Kier molecular flexibility index (Phi) is 6.16. The predicted molar refractivity (Wildman–Crippen MR) is 99.7 cm³/mol. The normalized spacial score (nSPS) is 17.4. The molecule has 0 bridgehead atoms. The van der Waals surface area contributed by atoms with E-state index in [1.807, 2.05) is 26.0 Å². The van der Waals surface area contributed by atoms with E-state index < -0.39 is 0 Å². The summed E-state index contributed by atoms with van der Waals surface area (Å²) in [6.07, 6.45) is 3.84. The molecule has 0 radical (unpaired) electrons. The van der Waals surface area contributed by atoms with Crippen LogP contribution in [-0.4, -0.2) is 35.0 Å². The van der Waals surface area contributed by atoms with Crippen molar-refractivity contribution in [1.29, 1.82) is 0 Å². The minimum atomic E-state index is 0.215. The minimum absolute atomic E-state index is 0.215. The van der Waals surface area contributed by atoms with Crippen LogP contribution in [0.3, 0.4) is 0 Å². The van der Waals surface area contributed by atoms with Crippen LogP contribution in [-0.2, 0) is 6.54 Å². The van der Waals surface area contributed by atoms with E-state index in [-0.39, 0.29) is 6.04 Å². The summed E-state index contributed by atoms with van der Waals surface area (Å²) in [6.45, 7) is 10.2. The van der Waals surface area contributed by atoms with Crippen molar-refractivity contribution in [3.05, 3.63) is 46.8 Å². The first kappa shape index (κ1) is 18.7. The van der Waals surface area contributed by atoms with Crippen LogP contribution >= 0.6 is 11.6 Å². The Morgan fingerprint density at radius 1 is 1.38 bits per heavy atom. The summed E-state index contributed by atoms with van der Waals surface area (Å²) in [5.41, 5.74) is 2.85. The molecule has 2 heterocycles. The lowest BCUT2D eigenvalue weighted by molar-refractivity contribution is 0.230. The van der Waals surface area contributed by atoms with Gasteiger partial charge in [-0.2, -0.15) is 0 Å².